The Hall–Kier alpha value is -2.79. The lowest BCUT2D eigenvalue weighted by atomic mass is 10.1. The molecule has 1 amide bonds. The molecule has 0 aliphatic heterocycles. The molecular weight excluding hydrogens is 450 g/mol. The van der Waals surface area contributed by atoms with E-state index in [2.05, 4.69) is 98.3 Å². The number of nitrogens with zero attached hydrogens (tertiary/aromatic N) is 1. The number of hydrogen-bond acceptors (Lipinski definition) is 4. The Kier molecular flexibility index (Phi) is 14.5. The molecule has 0 spiro atoms. The number of anilines is 2. The van der Waals surface area contributed by atoms with Gasteiger partial charge < -0.3 is 15.5 Å². The van der Waals surface area contributed by atoms with Crippen molar-refractivity contribution in [2.45, 2.75) is 67.3 Å². The molecule has 0 bridgehead atoms. The number of carbonyl (C=O) groups excluding carboxylic acids is 1. The molecule has 5 heteroatoms. The summed E-state index contributed by atoms with van der Waals surface area (Å²) >= 11 is 1.71. The van der Waals surface area contributed by atoms with E-state index in [9.17, 15) is 4.79 Å². The van der Waals surface area contributed by atoms with Crippen molar-refractivity contribution in [3.63, 3.8) is 0 Å². The summed E-state index contributed by atoms with van der Waals surface area (Å²) in [5, 5.41) is 8.45. The van der Waals surface area contributed by atoms with Gasteiger partial charge in [-0.3, -0.25) is 4.79 Å². The van der Waals surface area contributed by atoms with E-state index in [1.165, 1.54) is 21.8 Å². The molecule has 4 nitrogen and oxygen atoms in total. The van der Waals surface area contributed by atoms with Crippen LogP contribution in [0, 0.1) is 12.8 Å². The third-order valence-electron chi connectivity index (χ3n) is 5.56. The zero-order valence-electron chi connectivity index (χ0n) is 22.9. The van der Waals surface area contributed by atoms with E-state index in [1.54, 1.807) is 11.3 Å². The van der Waals surface area contributed by atoms with Crippen LogP contribution in [0.25, 0.3) is 5.57 Å². The lowest BCUT2D eigenvalue weighted by Crippen LogP contribution is -2.27. The fourth-order valence-corrected chi connectivity index (χ4v) is 4.00. The maximum absolute atomic E-state index is 11.6. The van der Waals surface area contributed by atoms with E-state index in [0.717, 1.165) is 18.4 Å². The van der Waals surface area contributed by atoms with Crippen LogP contribution in [-0.2, 0) is 4.79 Å². The second-order valence-electron chi connectivity index (χ2n) is 8.64. The Morgan fingerprint density at radius 1 is 1.17 bits per heavy atom. The second kappa shape index (κ2) is 16.8. The summed E-state index contributed by atoms with van der Waals surface area (Å²) in [6, 6.07) is 11.2. The van der Waals surface area contributed by atoms with E-state index in [1.807, 2.05) is 39.0 Å². The Morgan fingerprint density at radius 2 is 1.91 bits per heavy atom. The molecule has 0 saturated heterocycles. The van der Waals surface area contributed by atoms with Crippen molar-refractivity contribution >= 4 is 34.2 Å². The van der Waals surface area contributed by atoms with Crippen molar-refractivity contribution in [1.29, 1.82) is 0 Å². The molecule has 1 aromatic heterocycles. The summed E-state index contributed by atoms with van der Waals surface area (Å²) < 4.78 is 0. The van der Waals surface area contributed by atoms with E-state index >= 15 is 0 Å². The first-order chi connectivity index (χ1) is 16.8. The number of hydrogen-bond donors (Lipinski definition) is 2. The SMILES string of the molecule is C/C=C(\C=C/C(C)C(=O)NCC)c1cccs1.CC/C=C\N(C)c1ccc(C)cc1NC(C)CC. The molecule has 1 aromatic carbocycles. The lowest BCUT2D eigenvalue weighted by Gasteiger charge is -2.22. The topological polar surface area (TPSA) is 44.4 Å². The molecule has 1 heterocycles. The maximum atomic E-state index is 11.6. The number of nitrogens with one attached hydrogen (secondary N) is 2. The number of amides is 1. The van der Waals surface area contributed by atoms with Crippen molar-refractivity contribution in [2.75, 3.05) is 23.8 Å². The summed E-state index contributed by atoms with van der Waals surface area (Å²) in [6.07, 6.45) is 12.5. The predicted octanol–water partition coefficient (Wildman–Crippen LogP) is 8.05. The minimum Gasteiger partial charge on any atom is -0.381 e. The van der Waals surface area contributed by atoms with Crippen molar-refractivity contribution in [2.24, 2.45) is 5.92 Å². The van der Waals surface area contributed by atoms with Crippen LogP contribution in [-0.4, -0.2) is 25.5 Å². The van der Waals surface area contributed by atoms with Crippen LogP contribution in [0.4, 0.5) is 11.4 Å². The molecule has 0 aliphatic carbocycles. The summed E-state index contributed by atoms with van der Waals surface area (Å²) in [4.78, 5) is 15.0. The summed E-state index contributed by atoms with van der Waals surface area (Å²) in [5.74, 6) is -0.0183. The third kappa shape index (κ3) is 11.0. The largest absolute Gasteiger partial charge is 0.381 e. The van der Waals surface area contributed by atoms with Crippen LogP contribution in [0.3, 0.4) is 0 Å². The average Bonchev–Trinajstić information content (AvgIpc) is 3.38. The fraction of sp³-hybridized carbons (Fsp3) is 0.433. The quantitative estimate of drug-likeness (QED) is 0.310. The first kappa shape index (κ1) is 30.2. The monoisotopic (exact) mass is 495 g/mol. The van der Waals surface area contributed by atoms with Gasteiger partial charge in [-0.1, -0.05) is 57.2 Å². The normalized spacial score (nSPS) is 13.3. The van der Waals surface area contributed by atoms with E-state index in [4.69, 9.17) is 0 Å². The van der Waals surface area contributed by atoms with Gasteiger partial charge in [-0.2, -0.15) is 0 Å². The van der Waals surface area contributed by atoms with Crippen molar-refractivity contribution < 1.29 is 4.79 Å². The highest BCUT2D eigenvalue weighted by atomic mass is 32.1. The molecule has 192 valence electrons. The van der Waals surface area contributed by atoms with Gasteiger partial charge in [0.2, 0.25) is 5.91 Å². The van der Waals surface area contributed by atoms with E-state index < -0.39 is 0 Å². The van der Waals surface area contributed by atoms with Gasteiger partial charge in [0.1, 0.15) is 0 Å². The van der Waals surface area contributed by atoms with Crippen LogP contribution in [0.5, 0.6) is 0 Å². The van der Waals surface area contributed by atoms with Crippen molar-refractivity contribution in [3.8, 4) is 0 Å². The van der Waals surface area contributed by atoms with Gasteiger partial charge in [-0.25, -0.2) is 0 Å². The number of thiophene rings is 1. The van der Waals surface area contributed by atoms with Gasteiger partial charge in [-0.05, 0) is 81.5 Å². The average molecular weight is 496 g/mol. The first-order valence-corrected chi connectivity index (χ1v) is 13.6. The molecule has 0 aliphatic rings. The van der Waals surface area contributed by atoms with Gasteiger partial charge in [0.15, 0.2) is 0 Å². The fourth-order valence-electron chi connectivity index (χ4n) is 3.22. The molecule has 0 saturated carbocycles. The first-order valence-electron chi connectivity index (χ1n) is 12.7. The Balaban J connectivity index is 0.000000351. The summed E-state index contributed by atoms with van der Waals surface area (Å²) in [7, 11) is 2.10. The number of benzene rings is 1. The Morgan fingerprint density at radius 3 is 2.49 bits per heavy atom. The standard InChI is InChI=1S/C16H26N2.C14H19NOS/c1-6-8-11-18(5)16-10-9-13(3)12-15(16)17-14(4)7-2;1-4-12(13-7-6-10-17-13)9-8-11(3)14(16)15-5-2/h8-12,14,17H,6-7H2,1-5H3;4,6-11H,5H2,1-3H3,(H,15,16)/b11-8-;9-8-,12-4+. The van der Waals surface area contributed by atoms with Crippen LogP contribution in [0.2, 0.25) is 0 Å². The summed E-state index contributed by atoms with van der Waals surface area (Å²) in [5.41, 5.74) is 4.90. The zero-order valence-corrected chi connectivity index (χ0v) is 23.7. The second-order valence-corrected chi connectivity index (χ2v) is 9.59. The minimum atomic E-state index is -0.0927. The van der Waals surface area contributed by atoms with Crippen LogP contribution in [0.15, 0.2) is 66.2 Å². The van der Waals surface area contributed by atoms with Crippen molar-refractivity contribution in [3.05, 3.63) is 76.7 Å². The molecule has 0 radical (unpaired) electrons. The van der Waals surface area contributed by atoms with Crippen molar-refractivity contribution in [1.82, 2.24) is 5.32 Å². The van der Waals surface area contributed by atoms with Gasteiger partial charge >= 0.3 is 0 Å². The molecule has 2 N–H and O–H groups in total. The third-order valence-corrected chi connectivity index (χ3v) is 6.48. The zero-order chi connectivity index (χ0) is 26.2. The lowest BCUT2D eigenvalue weighted by molar-refractivity contribution is -0.123. The molecule has 2 unspecified atom stereocenters. The predicted molar refractivity (Wildman–Crippen MR) is 157 cm³/mol. The summed E-state index contributed by atoms with van der Waals surface area (Å²) in [6.45, 7) is 15.2. The van der Waals surface area contributed by atoms with Gasteiger partial charge in [-0.15, -0.1) is 11.3 Å². The minimum absolute atomic E-state index is 0.0744. The van der Waals surface area contributed by atoms with Gasteiger partial charge in [0.25, 0.3) is 0 Å². The van der Waals surface area contributed by atoms with E-state index in [0.29, 0.717) is 12.6 Å². The van der Waals surface area contributed by atoms with E-state index in [-0.39, 0.29) is 11.8 Å². The van der Waals surface area contributed by atoms with Crippen LogP contribution >= 0.6 is 11.3 Å². The smallest absolute Gasteiger partial charge is 0.226 e. The molecule has 2 atom stereocenters. The molecular formula is C30H45N3OS. The highest BCUT2D eigenvalue weighted by molar-refractivity contribution is 7.11. The number of carbonyl (C=O) groups is 1. The highest BCUT2D eigenvalue weighted by Gasteiger charge is 2.09. The molecule has 2 rings (SSSR count). The van der Waals surface area contributed by atoms with Crippen LogP contribution in [0.1, 0.15) is 64.8 Å². The molecule has 2 aromatic rings. The molecule has 0 fully saturated rings. The van der Waals surface area contributed by atoms with Gasteiger partial charge in [0.05, 0.1) is 17.3 Å². The highest BCUT2D eigenvalue weighted by Crippen LogP contribution is 2.27. The number of rotatable bonds is 11. The Labute approximate surface area is 217 Å². The van der Waals surface area contributed by atoms with Gasteiger partial charge in [0, 0.05) is 24.5 Å². The number of aryl methyl sites for hydroxylation is 1. The molecule has 35 heavy (non-hydrogen) atoms. The Bertz CT molecular complexity index is 960. The number of allylic oxidation sites excluding steroid dienone is 4. The maximum Gasteiger partial charge on any atom is 0.226 e. The van der Waals surface area contributed by atoms with Crippen LogP contribution < -0.4 is 15.5 Å².